The van der Waals surface area contributed by atoms with Crippen LogP contribution in [-0.4, -0.2) is 26.9 Å². The zero-order valence-electron chi connectivity index (χ0n) is 15.9. The lowest BCUT2D eigenvalue weighted by molar-refractivity contribution is -0.113. The Bertz CT molecular complexity index is 838. The molecule has 4 nitrogen and oxygen atoms in total. The summed E-state index contributed by atoms with van der Waals surface area (Å²) in [7, 11) is 0. The number of aryl methyl sites for hydroxylation is 3. The van der Waals surface area contributed by atoms with E-state index in [4.69, 9.17) is 0 Å². The zero-order valence-corrected chi connectivity index (χ0v) is 17.6. The highest BCUT2D eigenvalue weighted by atomic mass is 32.2. The number of anilines is 1. The number of nitrogens with one attached hydrogen (secondary N) is 1. The quantitative estimate of drug-likeness (QED) is 0.570. The van der Waals surface area contributed by atoms with Crippen LogP contribution in [0.2, 0.25) is 0 Å². The normalized spacial score (nSPS) is 18.7. The number of carbonyl (C=O) groups excluding carboxylic acids is 1. The van der Waals surface area contributed by atoms with E-state index in [1.807, 2.05) is 37.7 Å². The van der Waals surface area contributed by atoms with Crippen LogP contribution in [0.25, 0.3) is 0 Å². The smallest absolute Gasteiger partial charge is 0.234 e. The Balaban J connectivity index is 1.73. The number of hydrogen-bond acceptors (Lipinski definition) is 5. The SMILES string of the molecule is CC[C@H]1c2c(SCC(=O)Nc3ccc(C)cc3C)nc(C)nc2S[C@H]1C. The van der Waals surface area contributed by atoms with Crippen LogP contribution < -0.4 is 5.32 Å². The lowest BCUT2D eigenvalue weighted by atomic mass is 9.96. The van der Waals surface area contributed by atoms with Crippen LogP contribution in [0.4, 0.5) is 5.69 Å². The fraction of sp³-hybridized carbons (Fsp3) is 0.450. The number of fused-ring (bicyclic) bond motifs is 1. The number of nitrogens with zero attached hydrogens (tertiary/aromatic N) is 2. The third-order valence-electron chi connectivity index (χ3n) is 4.66. The van der Waals surface area contributed by atoms with Gasteiger partial charge in [-0.25, -0.2) is 9.97 Å². The number of carbonyl (C=O) groups is 1. The van der Waals surface area contributed by atoms with Crippen LogP contribution in [0.15, 0.2) is 28.3 Å². The summed E-state index contributed by atoms with van der Waals surface area (Å²) in [5, 5.41) is 5.58. The van der Waals surface area contributed by atoms with Gasteiger partial charge in [0.15, 0.2) is 0 Å². The summed E-state index contributed by atoms with van der Waals surface area (Å²) in [6, 6.07) is 6.06. The molecular formula is C20H25N3OS2. The Labute approximate surface area is 164 Å². The largest absolute Gasteiger partial charge is 0.325 e. The van der Waals surface area contributed by atoms with Crippen molar-refractivity contribution in [1.82, 2.24) is 9.97 Å². The Kier molecular flexibility index (Phi) is 5.92. The summed E-state index contributed by atoms with van der Waals surface area (Å²) in [5.41, 5.74) is 4.39. The van der Waals surface area contributed by atoms with Gasteiger partial charge in [0, 0.05) is 22.4 Å². The maximum atomic E-state index is 12.4. The molecule has 0 aliphatic carbocycles. The molecule has 2 aromatic rings. The first kappa shape index (κ1) is 19.2. The Morgan fingerprint density at radius 2 is 2.04 bits per heavy atom. The predicted octanol–water partition coefficient (Wildman–Crippen LogP) is 5.12. The summed E-state index contributed by atoms with van der Waals surface area (Å²) in [6.07, 6.45) is 1.07. The predicted molar refractivity (Wildman–Crippen MR) is 110 cm³/mol. The van der Waals surface area contributed by atoms with E-state index in [0.717, 1.165) is 33.5 Å². The van der Waals surface area contributed by atoms with Crippen molar-refractivity contribution in [3.05, 3.63) is 40.7 Å². The van der Waals surface area contributed by atoms with Gasteiger partial charge in [0.1, 0.15) is 15.9 Å². The summed E-state index contributed by atoms with van der Waals surface area (Å²) in [5.74, 6) is 1.59. The number of thioether (sulfide) groups is 2. The molecule has 0 saturated carbocycles. The third kappa shape index (κ3) is 4.07. The fourth-order valence-corrected chi connectivity index (χ4v) is 5.76. The average molecular weight is 388 g/mol. The molecule has 138 valence electrons. The molecule has 1 amide bonds. The molecule has 1 aromatic heterocycles. The minimum Gasteiger partial charge on any atom is -0.325 e. The molecule has 0 saturated heterocycles. The van der Waals surface area contributed by atoms with E-state index < -0.39 is 0 Å². The molecule has 0 radical (unpaired) electrons. The van der Waals surface area contributed by atoms with Gasteiger partial charge >= 0.3 is 0 Å². The van der Waals surface area contributed by atoms with Crippen LogP contribution >= 0.6 is 23.5 Å². The first-order valence-electron chi connectivity index (χ1n) is 8.94. The van der Waals surface area contributed by atoms with Crippen LogP contribution in [0.3, 0.4) is 0 Å². The monoisotopic (exact) mass is 387 g/mol. The molecule has 1 N–H and O–H groups in total. The molecule has 26 heavy (non-hydrogen) atoms. The number of hydrogen-bond donors (Lipinski definition) is 1. The van der Waals surface area contributed by atoms with E-state index in [9.17, 15) is 4.79 Å². The summed E-state index contributed by atoms with van der Waals surface area (Å²) >= 11 is 3.35. The van der Waals surface area contributed by atoms with E-state index in [1.54, 1.807) is 0 Å². The third-order valence-corrected chi connectivity index (χ3v) is 6.88. The number of benzene rings is 1. The topological polar surface area (TPSA) is 54.9 Å². The van der Waals surface area contributed by atoms with Gasteiger partial charge in [0.25, 0.3) is 0 Å². The Hall–Kier alpha value is -1.53. The highest BCUT2D eigenvalue weighted by Gasteiger charge is 2.33. The van der Waals surface area contributed by atoms with Gasteiger partial charge in [-0.3, -0.25) is 4.79 Å². The molecule has 1 aromatic carbocycles. The number of amides is 1. The van der Waals surface area contributed by atoms with Gasteiger partial charge in [-0.1, -0.05) is 43.3 Å². The standard InChI is InChI=1S/C20H25N3OS2/c1-6-15-13(4)26-20-18(15)19(21-14(5)22-20)25-10-17(24)23-16-8-7-11(2)9-12(16)3/h7-9,13,15H,6,10H2,1-5H3,(H,23,24)/t13-,15+/m0/s1. The fourth-order valence-electron chi connectivity index (χ4n) is 3.35. The van der Waals surface area contributed by atoms with E-state index in [-0.39, 0.29) is 5.91 Å². The van der Waals surface area contributed by atoms with Gasteiger partial charge in [0.05, 0.1) is 5.75 Å². The van der Waals surface area contributed by atoms with E-state index in [0.29, 0.717) is 16.9 Å². The van der Waals surface area contributed by atoms with Crippen molar-refractivity contribution in [2.24, 2.45) is 0 Å². The van der Waals surface area contributed by atoms with Crippen LogP contribution in [0.5, 0.6) is 0 Å². The van der Waals surface area contributed by atoms with Crippen molar-refractivity contribution >= 4 is 35.1 Å². The van der Waals surface area contributed by atoms with Crippen molar-refractivity contribution in [2.75, 3.05) is 11.1 Å². The van der Waals surface area contributed by atoms with Crippen LogP contribution in [0, 0.1) is 20.8 Å². The van der Waals surface area contributed by atoms with Gasteiger partial charge in [-0.05, 0) is 38.8 Å². The second-order valence-electron chi connectivity index (χ2n) is 6.79. The Morgan fingerprint density at radius 1 is 1.27 bits per heavy atom. The molecule has 1 aliphatic rings. The van der Waals surface area contributed by atoms with Gasteiger partial charge < -0.3 is 5.32 Å². The van der Waals surface area contributed by atoms with Crippen molar-refractivity contribution in [2.45, 2.75) is 62.3 Å². The van der Waals surface area contributed by atoms with Crippen LogP contribution in [0.1, 0.15) is 48.7 Å². The first-order valence-corrected chi connectivity index (χ1v) is 10.8. The minimum absolute atomic E-state index is 0.00119. The van der Waals surface area contributed by atoms with E-state index >= 15 is 0 Å². The molecule has 0 bridgehead atoms. The van der Waals surface area contributed by atoms with Crippen molar-refractivity contribution < 1.29 is 4.79 Å². The minimum atomic E-state index is -0.00119. The molecule has 2 heterocycles. The molecule has 6 heteroatoms. The second kappa shape index (κ2) is 8.01. The molecule has 2 atom stereocenters. The lowest BCUT2D eigenvalue weighted by Crippen LogP contribution is -2.15. The average Bonchev–Trinajstić information content (AvgIpc) is 2.90. The van der Waals surface area contributed by atoms with E-state index in [1.165, 1.54) is 22.9 Å². The highest BCUT2D eigenvalue weighted by Crippen LogP contribution is 2.48. The van der Waals surface area contributed by atoms with E-state index in [2.05, 4.69) is 42.1 Å². The van der Waals surface area contributed by atoms with Crippen molar-refractivity contribution in [1.29, 1.82) is 0 Å². The first-order chi connectivity index (χ1) is 12.4. The molecule has 0 fully saturated rings. The van der Waals surface area contributed by atoms with Gasteiger partial charge in [-0.2, -0.15) is 0 Å². The number of aromatic nitrogens is 2. The number of rotatable bonds is 5. The molecule has 1 aliphatic heterocycles. The summed E-state index contributed by atoms with van der Waals surface area (Å²) in [6.45, 7) is 10.4. The maximum absolute atomic E-state index is 12.4. The van der Waals surface area contributed by atoms with Crippen molar-refractivity contribution in [3.8, 4) is 0 Å². The summed E-state index contributed by atoms with van der Waals surface area (Å²) in [4.78, 5) is 21.7. The van der Waals surface area contributed by atoms with Gasteiger partial charge in [-0.15, -0.1) is 11.8 Å². The van der Waals surface area contributed by atoms with Gasteiger partial charge in [0.2, 0.25) is 5.91 Å². The second-order valence-corrected chi connectivity index (χ2v) is 9.12. The molecule has 0 spiro atoms. The molecular weight excluding hydrogens is 362 g/mol. The van der Waals surface area contributed by atoms with Crippen molar-refractivity contribution in [3.63, 3.8) is 0 Å². The lowest BCUT2D eigenvalue weighted by Gasteiger charge is -2.15. The molecule has 3 rings (SSSR count). The highest BCUT2D eigenvalue weighted by molar-refractivity contribution is 8.01. The Morgan fingerprint density at radius 3 is 2.73 bits per heavy atom. The zero-order chi connectivity index (χ0) is 18.8. The summed E-state index contributed by atoms with van der Waals surface area (Å²) < 4.78 is 0. The van der Waals surface area contributed by atoms with Crippen LogP contribution in [-0.2, 0) is 4.79 Å². The molecule has 0 unspecified atom stereocenters. The maximum Gasteiger partial charge on any atom is 0.234 e.